The van der Waals surface area contributed by atoms with Crippen LogP contribution in [0, 0.1) is 11.8 Å². The van der Waals surface area contributed by atoms with Crippen LogP contribution in [-0.2, 0) is 10.0 Å². The molecule has 4 rings (SSSR count). The Morgan fingerprint density at radius 3 is 2.71 bits per heavy atom. The summed E-state index contributed by atoms with van der Waals surface area (Å²) in [6.07, 6.45) is 2.39. The Balaban J connectivity index is 1.64. The van der Waals surface area contributed by atoms with Crippen molar-refractivity contribution >= 4 is 33.0 Å². The molecule has 0 radical (unpaired) electrons. The van der Waals surface area contributed by atoms with Gasteiger partial charge < -0.3 is 19.6 Å². The van der Waals surface area contributed by atoms with E-state index in [1.54, 1.807) is 28.5 Å². The molecule has 1 amide bonds. The number of hydrogen-bond acceptors (Lipinski definition) is 7. The lowest BCUT2D eigenvalue weighted by Gasteiger charge is -2.38. The van der Waals surface area contributed by atoms with Crippen LogP contribution in [0.25, 0.3) is 0 Å². The number of aliphatic hydroxyl groups excluding tert-OH is 1. The summed E-state index contributed by atoms with van der Waals surface area (Å²) >= 11 is 1.12. The van der Waals surface area contributed by atoms with E-state index in [-0.39, 0.29) is 46.0 Å². The zero-order chi connectivity index (χ0) is 24.5. The number of fused-ring (bicyclic) bond motifs is 1. The fourth-order valence-corrected chi connectivity index (χ4v) is 6.29. The Morgan fingerprint density at radius 2 is 2.06 bits per heavy atom. The van der Waals surface area contributed by atoms with Crippen LogP contribution in [0.15, 0.2) is 39.9 Å². The summed E-state index contributed by atoms with van der Waals surface area (Å²) in [5.41, 5.74) is 0.574. The molecular weight excluding hydrogens is 474 g/mol. The standard InChI is InChI=1S/C24H33N3O5S2/c1-16-12-27(17(2)15-28)24(29)20-11-19(25-34(30,31)23-5-4-10-33-23)8-9-21(20)32-22(16)14-26(3)13-18-6-7-18/h4-5,8-11,16-18,22,25,28H,6-7,12-15H2,1-3H3/t16-,17-,22-/m1/s1. The molecule has 0 unspecified atom stereocenters. The van der Waals surface area contributed by atoms with E-state index in [0.29, 0.717) is 12.3 Å². The minimum atomic E-state index is -3.75. The molecule has 8 nitrogen and oxygen atoms in total. The molecule has 2 heterocycles. The molecule has 3 atom stereocenters. The molecule has 2 aliphatic rings. The predicted octanol–water partition coefficient (Wildman–Crippen LogP) is 3.11. The third-order valence-electron chi connectivity index (χ3n) is 6.44. The van der Waals surface area contributed by atoms with Gasteiger partial charge in [-0.2, -0.15) is 0 Å². The summed E-state index contributed by atoms with van der Waals surface area (Å²) in [7, 11) is -1.66. The second-order valence-electron chi connectivity index (χ2n) is 9.54. The van der Waals surface area contributed by atoms with E-state index >= 15 is 0 Å². The Kier molecular flexibility index (Phi) is 7.51. The minimum Gasteiger partial charge on any atom is -0.488 e. The number of amides is 1. The van der Waals surface area contributed by atoms with Gasteiger partial charge in [0.15, 0.2) is 0 Å². The van der Waals surface area contributed by atoms with Gasteiger partial charge in [-0.1, -0.05) is 13.0 Å². The van der Waals surface area contributed by atoms with Gasteiger partial charge in [-0.25, -0.2) is 8.42 Å². The van der Waals surface area contributed by atoms with Crippen LogP contribution < -0.4 is 9.46 Å². The van der Waals surface area contributed by atoms with Crippen LogP contribution in [0.3, 0.4) is 0 Å². The molecule has 1 aliphatic heterocycles. The number of carbonyl (C=O) groups excluding carboxylic acids is 1. The topological polar surface area (TPSA) is 99.2 Å². The van der Waals surface area contributed by atoms with Crippen molar-refractivity contribution in [1.82, 2.24) is 9.80 Å². The van der Waals surface area contributed by atoms with Crippen molar-refractivity contribution in [3.05, 3.63) is 41.3 Å². The van der Waals surface area contributed by atoms with Gasteiger partial charge in [0.2, 0.25) is 0 Å². The summed E-state index contributed by atoms with van der Waals surface area (Å²) < 4.78 is 34.5. The average molecular weight is 508 g/mol. The largest absolute Gasteiger partial charge is 0.488 e. The molecule has 1 saturated carbocycles. The first-order valence-corrected chi connectivity index (χ1v) is 14.0. The monoisotopic (exact) mass is 507 g/mol. The van der Waals surface area contributed by atoms with Crippen LogP contribution >= 0.6 is 11.3 Å². The zero-order valence-corrected chi connectivity index (χ0v) is 21.4. The Morgan fingerprint density at radius 1 is 1.29 bits per heavy atom. The van der Waals surface area contributed by atoms with Crippen molar-refractivity contribution in [2.75, 3.05) is 38.0 Å². The number of nitrogens with zero attached hydrogens (tertiary/aromatic N) is 2. The lowest BCUT2D eigenvalue weighted by molar-refractivity contribution is 0.0344. The Labute approximate surface area is 205 Å². The highest BCUT2D eigenvalue weighted by molar-refractivity contribution is 7.94. The van der Waals surface area contributed by atoms with Crippen molar-refractivity contribution in [1.29, 1.82) is 0 Å². The molecule has 1 aromatic heterocycles. The van der Waals surface area contributed by atoms with E-state index in [1.807, 2.05) is 6.92 Å². The van der Waals surface area contributed by atoms with Gasteiger partial charge in [0, 0.05) is 31.2 Å². The molecule has 10 heteroatoms. The number of benzene rings is 1. The number of sulfonamides is 1. The molecule has 0 spiro atoms. The third kappa shape index (κ3) is 5.73. The fourth-order valence-electron chi connectivity index (χ4n) is 4.25. The number of anilines is 1. The number of hydrogen-bond donors (Lipinski definition) is 2. The van der Waals surface area contributed by atoms with Gasteiger partial charge in [-0.05, 0) is 62.4 Å². The Bertz CT molecular complexity index is 1100. The lowest BCUT2D eigenvalue weighted by atomic mass is 9.99. The summed E-state index contributed by atoms with van der Waals surface area (Å²) in [5.74, 6) is 0.943. The molecular formula is C24H33N3O5S2. The number of thiophene rings is 1. The van der Waals surface area contributed by atoms with Gasteiger partial charge in [0.1, 0.15) is 16.1 Å². The maximum atomic E-state index is 13.5. The predicted molar refractivity (Wildman–Crippen MR) is 133 cm³/mol. The first-order chi connectivity index (χ1) is 16.2. The van der Waals surface area contributed by atoms with Gasteiger partial charge in [0.05, 0.1) is 18.2 Å². The number of aliphatic hydroxyl groups is 1. The molecule has 2 N–H and O–H groups in total. The van der Waals surface area contributed by atoms with Crippen LogP contribution in [0.2, 0.25) is 0 Å². The maximum Gasteiger partial charge on any atom is 0.271 e. The van der Waals surface area contributed by atoms with Crippen LogP contribution in [0.1, 0.15) is 37.0 Å². The van der Waals surface area contributed by atoms with E-state index in [4.69, 9.17) is 4.74 Å². The highest BCUT2D eigenvalue weighted by atomic mass is 32.2. The molecule has 1 aliphatic carbocycles. The van der Waals surface area contributed by atoms with Crippen LogP contribution in [0.4, 0.5) is 5.69 Å². The van der Waals surface area contributed by atoms with E-state index in [0.717, 1.165) is 30.3 Å². The van der Waals surface area contributed by atoms with Crippen molar-refractivity contribution in [2.24, 2.45) is 11.8 Å². The first-order valence-electron chi connectivity index (χ1n) is 11.7. The summed E-state index contributed by atoms with van der Waals surface area (Å²) in [6.45, 7) is 5.90. The minimum absolute atomic E-state index is 0.0461. The summed E-state index contributed by atoms with van der Waals surface area (Å²) in [4.78, 5) is 17.5. The molecule has 34 heavy (non-hydrogen) atoms. The van der Waals surface area contributed by atoms with E-state index in [2.05, 4.69) is 23.6 Å². The van der Waals surface area contributed by atoms with Crippen LogP contribution in [0.5, 0.6) is 5.75 Å². The molecule has 1 aromatic carbocycles. The normalized spacial score (nSPS) is 22.0. The molecule has 0 bridgehead atoms. The van der Waals surface area contributed by atoms with Crippen LogP contribution in [-0.4, -0.2) is 74.7 Å². The molecule has 186 valence electrons. The van der Waals surface area contributed by atoms with Crippen molar-refractivity contribution in [3.8, 4) is 5.75 Å². The highest BCUT2D eigenvalue weighted by Gasteiger charge is 2.34. The number of carbonyl (C=O) groups is 1. The van der Waals surface area contributed by atoms with Crippen molar-refractivity contribution in [2.45, 2.75) is 43.0 Å². The highest BCUT2D eigenvalue weighted by Crippen LogP contribution is 2.33. The second kappa shape index (κ2) is 10.2. The van der Waals surface area contributed by atoms with Crippen molar-refractivity contribution < 1.29 is 23.1 Å². The molecule has 0 saturated heterocycles. The smallest absolute Gasteiger partial charge is 0.271 e. The Hall–Kier alpha value is -2.14. The van der Waals surface area contributed by atoms with E-state index < -0.39 is 10.0 Å². The molecule has 2 aromatic rings. The number of likely N-dealkylation sites (N-methyl/N-ethyl adjacent to an activating group) is 1. The first kappa shape index (κ1) is 25.0. The zero-order valence-electron chi connectivity index (χ0n) is 19.8. The van der Waals surface area contributed by atoms with Gasteiger partial charge in [-0.3, -0.25) is 9.52 Å². The SMILES string of the molecule is C[C@@H]1CN([C@H](C)CO)C(=O)c2cc(NS(=O)(=O)c3cccs3)ccc2O[C@@H]1CN(C)CC1CC1. The lowest BCUT2D eigenvalue weighted by Crippen LogP contribution is -2.50. The van der Waals surface area contributed by atoms with E-state index in [9.17, 15) is 18.3 Å². The number of ether oxygens (including phenoxy) is 1. The van der Waals surface area contributed by atoms with E-state index in [1.165, 1.54) is 25.0 Å². The van der Waals surface area contributed by atoms with Gasteiger partial charge in [-0.15, -0.1) is 11.3 Å². The summed E-state index contributed by atoms with van der Waals surface area (Å²) in [6, 6.07) is 7.64. The van der Waals surface area contributed by atoms with Gasteiger partial charge >= 0.3 is 0 Å². The maximum absolute atomic E-state index is 13.5. The summed E-state index contributed by atoms with van der Waals surface area (Å²) in [5, 5.41) is 11.5. The third-order valence-corrected chi connectivity index (χ3v) is 9.21. The van der Waals surface area contributed by atoms with Gasteiger partial charge in [0.25, 0.3) is 15.9 Å². The number of nitrogens with one attached hydrogen (secondary N) is 1. The van der Waals surface area contributed by atoms with Crippen molar-refractivity contribution in [3.63, 3.8) is 0 Å². The fraction of sp³-hybridized carbons (Fsp3) is 0.542. The average Bonchev–Trinajstić information content (AvgIpc) is 3.41. The second-order valence-corrected chi connectivity index (χ2v) is 12.4. The molecule has 1 fully saturated rings. The quantitative estimate of drug-likeness (QED) is 0.541. The number of rotatable bonds is 9.